The number of rotatable bonds is 4. The molecule has 18 heavy (non-hydrogen) atoms. The van der Waals surface area contributed by atoms with E-state index in [-0.39, 0.29) is 17.4 Å². The van der Waals surface area contributed by atoms with E-state index in [4.69, 9.17) is 4.74 Å². The summed E-state index contributed by atoms with van der Waals surface area (Å²) in [6, 6.07) is 7.74. The van der Waals surface area contributed by atoms with E-state index in [2.05, 4.69) is 21.2 Å². The van der Waals surface area contributed by atoms with Gasteiger partial charge < -0.3 is 10.1 Å². The van der Waals surface area contributed by atoms with Gasteiger partial charge >= 0.3 is 0 Å². The minimum atomic E-state index is -0.196. The molecule has 0 radical (unpaired) electrons. The highest BCUT2D eigenvalue weighted by molar-refractivity contribution is 9.09. The topological polar surface area (TPSA) is 38.3 Å². The first kappa shape index (κ1) is 13.4. The van der Waals surface area contributed by atoms with Gasteiger partial charge in [0.05, 0.1) is 0 Å². The van der Waals surface area contributed by atoms with E-state index >= 15 is 0 Å². The van der Waals surface area contributed by atoms with Crippen LogP contribution in [-0.4, -0.2) is 23.4 Å². The molecule has 1 N–H and O–H groups in total. The molecule has 2 rings (SSSR count). The predicted octanol–water partition coefficient (Wildman–Crippen LogP) is 2.84. The van der Waals surface area contributed by atoms with Crippen molar-refractivity contribution in [2.45, 2.75) is 31.7 Å². The number of alkyl halides is 1. The molecule has 0 fully saturated rings. The summed E-state index contributed by atoms with van der Waals surface area (Å²) in [5.41, 5.74) is 0.794. The highest BCUT2D eigenvalue weighted by Gasteiger charge is 2.32. The molecule has 0 bridgehead atoms. The van der Waals surface area contributed by atoms with E-state index in [0.29, 0.717) is 6.61 Å². The summed E-state index contributed by atoms with van der Waals surface area (Å²) in [5, 5.41) is 3.96. The molecule has 0 saturated heterocycles. The summed E-state index contributed by atoms with van der Waals surface area (Å²) in [5.74, 6) is 0.692. The number of nitrogens with one attached hydrogen (secondary N) is 1. The normalized spacial score (nSPS) is 18.1. The number of benzene rings is 1. The zero-order valence-electron chi connectivity index (χ0n) is 10.7. The molecular formula is C14H18BrNO2. The second-order valence-corrected chi connectivity index (χ2v) is 6.01. The average Bonchev–Trinajstić information content (AvgIpc) is 2.71. The maximum atomic E-state index is 12.3. The Hall–Kier alpha value is -1.03. The van der Waals surface area contributed by atoms with Gasteiger partial charge in [-0.1, -0.05) is 34.1 Å². The summed E-state index contributed by atoms with van der Waals surface area (Å²) in [4.78, 5) is 12.3. The second-order valence-electron chi connectivity index (χ2n) is 5.21. The number of hydrogen-bond donors (Lipinski definition) is 1. The molecule has 1 aliphatic rings. The molecule has 1 aliphatic heterocycles. The van der Waals surface area contributed by atoms with Crippen LogP contribution >= 0.6 is 15.9 Å². The van der Waals surface area contributed by atoms with Gasteiger partial charge in [-0.05, 0) is 26.3 Å². The van der Waals surface area contributed by atoms with Gasteiger partial charge in [-0.25, -0.2) is 0 Å². The number of amides is 1. The van der Waals surface area contributed by atoms with Crippen LogP contribution in [0.5, 0.6) is 5.75 Å². The summed E-state index contributed by atoms with van der Waals surface area (Å²) < 4.78 is 5.54. The number of carbonyl (C=O) groups excluding carboxylic acids is 1. The Morgan fingerprint density at radius 3 is 2.94 bits per heavy atom. The van der Waals surface area contributed by atoms with E-state index in [1.54, 1.807) is 0 Å². The van der Waals surface area contributed by atoms with Crippen molar-refractivity contribution in [3.05, 3.63) is 29.8 Å². The Morgan fingerprint density at radius 1 is 1.50 bits per heavy atom. The molecule has 1 heterocycles. The highest BCUT2D eigenvalue weighted by atomic mass is 79.9. The van der Waals surface area contributed by atoms with Crippen molar-refractivity contribution >= 4 is 21.8 Å². The van der Waals surface area contributed by atoms with E-state index in [9.17, 15) is 4.79 Å². The minimum absolute atomic E-state index is 0.0471. The monoisotopic (exact) mass is 311 g/mol. The lowest BCUT2D eigenvalue weighted by Gasteiger charge is -2.26. The lowest BCUT2D eigenvalue weighted by atomic mass is 9.96. The molecule has 1 aromatic carbocycles. The first-order chi connectivity index (χ1) is 8.53. The highest BCUT2D eigenvalue weighted by Crippen LogP contribution is 2.33. The smallest absolute Gasteiger partial charge is 0.231 e. The average molecular weight is 312 g/mol. The number of para-hydroxylation sites is 1. The molecule has 1 aromatic rings. The summed E-state index contributed by atoms with van der Waals surface area (Å²) in [6.45, 7) is 4.51. The van der Waals surface area contributed by atoms with Crippen LogP contribution in [0.25, 0.3) is 0 Å². The zero-order valence-corrected chi connectivity index (χ0v) is 12.3. The Labute approximate surface area is 116 Å². The molecule has 3 nitrogen and oxygen atoms in total. The van der Waals surface area contributed by atoms with Gasteiger partial charge in [0.1, 0.15) is 18.3 Å². The molecule has 1 atom stereocenters. The van der Waals surface area contributed by atoms with Gasteiger partial charge in [0.25, 0.3) is 0 Å². The van der Waals surface area contributed by atoms with Crippen LogP contribution in [0.3, 0.4) is 0 Å². The Morgan fingerprint density at radius 2 is 2.22 bits per heavy atom. The van der Waals surface area contributed by atoms with Crippen molar-refractivity contribution in [2.24, 2.45) is 0 Å². The quantitative estimate of drug-likeness (QED) is 0.868. The van der Waals surface area contributed by atoms with Crippen LogP contribution in [0, 0.1) is 0 Å². The Balaban J connectivity index is 2.08. The first-order valence-electron chi connectivity index (χ1n) is 6.13. The van der Waals surface area contributed by atoms with Gasteiger partial charge in [-0.3, -0.25) is 4.79 Å². The van der Waals surface area contributed by atoms with Crippen molar-refractivity contribution in [3.8, 4) is 5.75 Å². The van der Waals surface area contributed by atoms with Crippen molar-refractivity contribution in [1.82, 2.24) is 5.32 Å². The van der Waals surface area contributed by atoms with Crippen molar-refractivity contribution < 1.29 is 9.53 Å². The second kappa shape index (κ2) is 5.31. The molecule has 0 aromatic heterocycles. The van der Waals surface area contributed by atoms with Crippen molar-refractivity contribution in [1.29, 1.82) is 0 Å². The molecule has 1 amide bonds. The molecule has 1 unspecified atom stereocenters. The predicted molar refractivity (Wildman–Crippen MR) is 75.3 cm³/mol. The van der Waals surface area contributed by atoms with Gasteiger partial charge in [0.2, 0.25) is 5.91 Å². The first-order valence-corrected chi connectivity index (χ1v) is 7.25. The third-order valence-electron chi connectivity index (χ3n) is 3.20. The van der Waals surface area contributed by atoms with E-state index < -0.39 is 0 Å². The zero-order chi connectivity index (χ0) is 13.2. The maximum absolute atomic E-state index is 12.3. The van der Waals surface area contributed by atoms with Crippen LogP contribution in [0.1, 0.15) is 31.7 Å². The lowest BCUT2D eigenvalue weighted by molar-refractivity contribution is -0.124. The van der Waals surface area contributed by atoms with E-state index in [0.717, 1.165) is 23.1 Å². The molecule has 98 valence electrons. The fourth-order valence-electron chi connectivity index (χ4n) is 2.10. The molecular weight excluding hydrogens is 294 g/mol. The van der Waals surface area contributed by atoms with Crippen LogP contribution in [0.4, 0.5) is 0 Å². The number of halogens is 1. The van der Waals surface area contributed by atoms with Crippen LogP contribution in [0.15, 0.2) is 24.3 Å². The van der Waals surface area contributed by atoms with Crippen molar-refractivity contribution in [2.75, 3.05) is 11.9 Å². The largest absolute Gasteiger partial charge is 0.492 e. The fourth-order valence-corrected chi connectivity index (χ4v) is 3.09. The van der Waals surface area contributed by atoms with Crippen molar-refractivity contribution in [3.63, 3.8) is 0 Å². The SMILES string of the molecule is CC(C)(CCBr)NC(=O)C1COc2ccccc21. The van der Waals surface area contributed by atoms with Crippen LogP contribution in [0.2, 0.25) is 0 Å². The van der Waals surface area contributed by atoms with Gasteiger partial charge in [0.15, 0.2) is 0 Å². The van der Waals surface area contributed by atoms with E-state index in [1.807, 2.05) is 38.1 Å². The third-order valence-corrected chi connectivity index (χ3v) is 3.59. The van der Waals surface area contributed by atoms with Gasteiger partial charge in [-0.15, -0.1) is 0 Å². The molecule has 0 aliphatic carbocycles. The van der Waals surface area contributed by atoms with Crippen LogP contribution in [-0.2, 0) is 4.79 Å². The molecule has 0 spiro atoms. The number of hydrogen-bond acceptors (Lipinski definition) is 2. The third kappa shape index (κ3) is 2.86. The summed E-state index contributed by atoms with van der Waals surface area (Å²) in [7, 11) is 0. The number of ether oxygens (including phenoxy) is 1. The minimum Gasteiger partial charge on any atom is -0.492 e. The molecule has 0 saturated carbocycles. The van der Waals surface area contributed by atoms with Gasteiger partial charge in [-0.2, -0.15) is 0 Å². The summed E-state index contributed by atoms with van der Waals surface area (Å²) in [6.07, 6.45) is 0.897. The standard InChI is InChI=1S/C14H18BrNO2/c1-14(2,7-8-15)16-13(17)11-9-18-12-6-4-3-5-10(11)12/h3-6,11H,7-9H2,1-2H3,(H,16,17). The maximum Gasteiger partial charge on any atom is 0.231 e. The van der Waals surface area contributed by atoms with E-state index in [1.165, 1.54) is 0 Å². The van der Waals surface area contributed by atoms with Gasteiger partial charge in [0, 0.05) is 16.4 Å². The lowest BCUT2D eigenvalue weighted by Crippen LogP contribution is -2.46. The molecule has 4 heteroatoms. The summed E-state index contributed by atoms with van der Waals surface area (Å²) >= 11 is 3.41. The number of carbonyl (C=O) groups is 1. The Bertz CT molecular complexity index is 445. The number of fused-ring (bicyclic) bond motifs is 1. The fraction of sp³-hybridized carbons (Fsp3) is 0.500. The van der Waals surface area contributed by atoms with Crippen LogP contribution < -0.4 is 10.1 Å². The Kier molecular flexibility index (Phi) is 3.95.